The maximum atomic E-state index is 13.8. The first-order valence-corrected chi connectivity index (χ1v) is 7.17. The van der Waals surface area contributed by atoms with Crippen LogP contribution in [0, 0.1) is 11.6 Å². The molecular weight excluding hydrogens is 278 g/mol. The van der Waals surface area contributed by atoms with Crippen LogP contribution in [0.2, 0.25) is 0 Å². The maximum absolute atomic E-state index is 13.8. The lowest BCUT2D eigenvalue weighted by atomic mass is 9.98. The van der Waals surface area contributed by atoms with Crippen LogP contribution < -0.4 is 5.32 Å². The Bertz CT molecular complexity index is 497. The van der Waals surface area contributed by atoms with E-state index in [2.05, 4.69) is 5.32 Å². The number of carbonyl (C=O) groups excluding carboxylic acids is 1. The molecule has 1 fully saturated rings. The number of amides is 1. The summed E-state index contributed by atoms with van der Waals surface area (Å²) in [7, 11) is 1.42. The first kappa shape index (κ1) is 15.7. The second kappa shape index (κ2) is 6.85. The van der Waals surface area contributed by atoms with E-state index in [1.807, 2.05) is 0 Å². The predicted molar refractivity (Wildman–Crippen MR) is 76.3 cm³/mol. The van der Waals surface area contributed by atoms with Crippen LogP contribution >= 0.6 is 0 Å². The summed E-state index contributed by atoms with van der Waals surface area (Å²) in [6.45, 7) is 0.552. The molecule has 0 radical (unpaired) electrons. The number of hydrogen-bond donors (Lipinski definition) is 2. The van der Waals surface area contributed by atoms with Gasteiger partial charge < -0.3 is 15.3 Å². The summed E-state index contributed by atoms with van der Waals surface area (Å²) in [4.78, 5) is 14.1. The molecule has 1 unspecified atom stereocenters. The van der Waals surface area contributed by atoms with Crippen LogP contribution in [-0.2, 0) is 0 Å². The van der Waals surface area contributed by atoms with E-state index in [0.717, 1.165) is 31.4 Å². The Balaban J connectivity index is 2.26. The fourth-order valence-corrected chi connectivity index (χ4v) is 2.82. The molecule has 1 heterocycles. The third-order valence-electron chi connectivity index (χ3n) is 3.89. The van der Waals surface area contributed by atoms with Crippen molar-refractivity contribution < 1.29 is 18.7 Å². The van der Waals surface area contributed by atoms with Crippen LogP contribution in [0.15, 0.2) is 12.1 Å². The molecule has 1 aromatic carbocycles. The van der Waals surface area contributed by atoms with Crippen LogP contribution in [0.3, 0.4) is 0 Å². The van der Waals surface area contributed by atoms with Gasteiger partial charge in [-0.25, -0.2) is 8.78 Å². The maximum Gasteiger partial charge on any atom is 0.254 e. The number of benzene rings is 1. The molecular formula is C15H20F2N2O2. The number of piperidine rings is 1. The summed E-state index contributed by atoms with van der Waals surface area (Å²) in [5.41, 5.74) is -0.231. The predicted octanol–water partition coefficient (Wildman–Crippen LogP) is 2.38. The van der Waals surface area contributed by atoms with Crippen molar-refractivity contribution in [3.05, 3.63) is 29.3 Å². The molecule has 4 nitrogen and oxygen atoms in total. The van der Waals surface area contributed by atoms with Crippen molar-refractivity contribution in [2.24, 2.45) is 0 Å². The molecule has 1 aromatic rings. The van der Waals surface area contributed by atoms with Crippen molar-refractivity contribution in [2.45, 2.75) is 31.7 Å². The highest BCUT2D eigenvalue weighted by atomic mass is 19.1. The van der Waals surface area contributed by atoms with E-state index in [1.165, 1.54) is 7.05 Å². The van der Waals surface area contributed by atoms with Gasteiger partial charge in [0, 0.05) is 31.8 Å². The zero-order valence-electron chi connectivity index (χ0n) is 12.0. The van der Waals surface area contributed by atoms with Crippen molar-refractivity contribution in [3.63, 3.8) is 0 Å². The minimum Gasteiger partial charge on any atom is -0.396 e. The second-order valence-corrected chi connectivity index (χ2v) is 5.23. The number of rotatable bonds is 4. The van der Waals surface area contributed by atoms with Crippen LogP contribution in [-0.4, -0.2) is 42.2 Å². The van der Waals surface area contributed by atoms with Crippen molar-refractivity contribution in [1.82, 2.24) is 4.90 Å². The Morgan fingerprint density at radius 2 is 2.05 bits per heavy atom. The van der Waals surface area contributed by atoms with Gasteiger partial charge in [0.05, 0.1) is 0 Å². The zero-order valence-corrected chi connectivity index (χ0v) is 12.0. The van der Waals surface area contributed by atoms with E-state index in [9.17, 15) is 13.6 Å². The van der Waals surface area contributed by atoms with Gasteiger partial charge in [-0.2, -0.15) is 0 Å². The summed E-state index contributed by atoms with van der Waals surface area (Å²) >= 11 is 0. The van der Waals surface area contributed by atoms with Gasteiger partial charge in [0.1, 0.15) is 17.3 Å². The number of nitrogens with one attached hydrogen (secondary N) is 1. The van der Waals surface area contributed by atoms with Crippen LogP contribution in [0.1, 0.15) is 36.0 Å². The lowest BCUT2D eigenvalue weighted by Crippen LogP contribution is -2.44. The van der Waals surface area contributed by atoms with E-state index >= 15 is 0 Å². The number of anilines is 1. The number of aliphatic hydroxyl groups excluding tert-OH is 1. The van der Waals surface area contributed by atoms with E-state index in [1.54, 1.807) is 4.90 Å². The highest BCUT2D eigenvalue weighted by Gasteiger charge is 2.28. The van der Waals surface area contributed by atoms with E-state index in [-0.39, 0.29) is 29.8 Å². The smallest absolute Gasteiger partial charge is 0.254 e. The Morgan fingerprint density at radius 3 is 2.62 bits per heavy atom. The molecule has 2 N–H and O–H groups in total. The van der Waals surface area contributed by atoms with E-state index in [4.69, 9.17) is 5.11 Å². The number of carbonyl (C=O) groups is 1. The molecule has 0 spiro atoms. The van der Waals surface area contributed by atoms with Gasteiger partial charge in [-0.1, -0.05) is 0 Å². The molecule has 6 heteroatoms. The fraction of sp³-hybridized carbons (Fsp3) is 0.533. The molecule has 1 atom stereocenters. The van der Waals surface area contributed by atoms with Crippen LogP contribution in [0.25, 0.3) is 0 Å². The lowest BCUT2D eigenvalue weighted by molar-refractivity contribution is 0.0573. The van der Waals surface area contributed by atoms with Crippen molar-refractivity contribution in [3.8, 4) is 0 Å². The molecule has 0 bridgehead atoms. The number of hydrogen-bond acceptors (Lipinski definition) is 3. The lowest BCUT2D eigenvalue weighted by Gasteiger charge is -2.35. The zero-order chi connectivity index (χ0) is 15.4. The largest absolute Gasteiger partial charge is 0.396 e. The molecule has 1 amide bonds. The fourth-order valence-electron chi connectivity index (χ4n) is 2.82. The van der Waals surface area contributed by atoms with Gasteiger partial charge in [0.15, 0.2) is 0 Å². The second-order valence-electron chi connectivity index (χ2n) is 5.23. The first-order chi connectivity index (χ1) is 10.1. The standard InChI is InChI=1S/C15H20F2N2O2/c1-18-14-12(16)8-10(9-13(14)17)15(21)19-6-3-2-4-11(19)5-7-20/h8-9,11,18,20H,2-7H2,1H3. The van der Waals surface area contributed by atoms with Gasteiger partial charge in [-0.15, -0.1) is 0 Å². The highest BCUT2D eigenvalue weighted by Crippen LogP contribution is 2.25. The molecule has 1 saturated heterocycles. The topological polar surface area (TPSA) is 52.6 Å². The first-order valence-electron chi connectivity index (χ1n) is 7.17. The summed E-state index contributed by atoms with van der Waals surface area (Å²) < 4.78 is 27.5. The minimum atomic E-state index is -0.781. The normalized spacial score (nSPS) is 18.7. The Kier molecular flexibility index (Phi) is 5.12. The molecule has 0 aromatic heterocycles. The van der Waals surface area contributed by atoms with Gasteiger partial charge in [-0.05, 0) is 37.8 Å². The Labute approximate surface area is 122 Å². The summed E-state index contributed by atoms with van der Waals surface area (Å²) in [6, 6.07) is 2.05. The third kappa shape index (κ3) is 3.32. The highest BCUT2D eigenvalue weighted by molar-refractivity contribution is 5.95. The third-order valence-corrected chi connectivity index (χ3v) is 3.89. The molecule has 21 heavy (non-hydrogen) atoms. The molecule has 2 rings (SSSR count). The molecule has 0 saturated carbocycles. The van der Waals surface area contributed by atoms with Gasteiger partial charge in [0.25, 0.3) is 5.91 Å². The minimum absolute atomic E-state index is 0.00411. The summed E-state index contributed by atoms with van der Waals surface area (Å²) in [5, 5.41) is 11.5. The van der Waals surface area contributed by atoms with Crippen LogP contribution in [0.4, 0.5) is 14.5 Å². The average Bonchev–Trinajstić information content (AvgIpc) is 2.47. The number of aliphatic hydroxyl groups is 1. The van der Waals surface area contributed by atoms with Gasteiger partial charge >= 0.3 is 0 Å². The SMILES string of the molecule is CNc1c(F)cc(C(=O)N2CCCCC2CCO)cc1F. The Morgan fingerprint density at radius 1 is 1.38 bits per heavy atom. The average molecular weight is 298 g/mol. The van der Waals surface area contributed by atoms with E-state index < -0.39 is 11.6 Å². The summed E-state index contributed by atoms with van der Waals surface area (Å²) in [5.74, 6) is -1.94. The number of halogens is 2. The van der Waals surface area contributed by atoms with Crippen LogP contribution in [0.5, 0.6) is 0 Å². The Hall–Kier alpha value is -1.69. The summed E-state index contributed by atoms with van der Waals surface area (Å²) in [6.07, 6.45) is 3.17. The van der Waals surface area contributed by atoms with Gasteiger partial charge in [0.2, 0.25) is 0 Å². The molecule has 1 aliphatic heterocycles. The van der Waals surface area contributed by atoms with Crippen molar-refractivity contribution >= 4 is 11.6 Å². The molecule has 0 aliphatic carbocycles. The quantitative estimate of drug-likeness (QED) is 0.897. The van der Waals surface area contributed by atoms with Crippen molar-refractivity contribution in [2.75, 3.05) is 25.5 Å². The molecule has 116 valence electrons. The van der Waals surface area contributed by atoms with Crippen molar-refractivity contribution in [1.29, 1.82) is 0 Å². The van der Waals surface area contributed by atoms with Gasteiger partial charge in [-0.3, -0.25) is 4.79 Å². The number of nitrogens with zero attached hydrogens (tertiary/aromatic N) is 1. The van der Waals surface area contributed by atoms with E-state index in [0.29, 0.717) is 13.0 Å². The number of likely N-dealkylation sites (tertiary alicyclic amines) is 1. The molecule has 1 aliphatic rings. The monoisotopic (exact) mass is 298 g/mol.